The van der Waals surface area contributed by atoms with Gasteiger partial charge in [0.25, 0.3) is 11.8 Å². The lowest BCUT2D eigenvalue weighted by atomic mass is 9.56. The predicted molar refractivity (Wildman–Crippen MR) is 256 cm³/mol. The summed E-state index contributed by atoms with van der Waals surface area (Å²) >= 11 is 0. The Kier molecular flexibility index (Phi) is 14.3. The van der Waals surface area contributed by atoms with Crippen LogP contribution in [0.1, 0.15) is 87.1 Å². The summed E-state index contributed by atoms with van der Waals surface area (Å²) in [6.07, 6.45) is 7.14. The molecule has 6 fully saturated rings. The van der Waals surface area contributed by atoms with Crippen molar-refractivity contribution in [3.05, 3.63) is 215 Å². The van der Waals surface area contributed by atoms with Gasteiger partial charge in [-0.15, -0.1) is 0 Å². The summed E-state index contributed by atoms with van der Waals surface area (Å²) in [6.45, 7) is 8.81. The first-order valence-corrected chi connectivity index (χ1v) is 24.0. The number of nitrogens with zero attached hydrogens (tertiary/aromatic N) is 3. The van der Waals surface area contributed by atoms with Crippen LogP contribution in [-0.4, -0.2) is 94.8 Å². The minimum absolute atomic E-state index is 0. The quantitative estimate of drug-likeness (QED) is 0.146. The molecule has 67 heavy (non-hydrogen) atoms. The van der Waals surface area contributed by atoms with E-state index in [-0.39, 0.29) is 56.6 Å². The smallest absolute Gasteiger partial charge is 0.261 e. The molecule has 0 aliphatic carbocycles. The highest BCUT2D eigenvalue weighted by atomic mass is 79.9. The molecular weight excluding hydrogens is 962 g/mol. The molecule has 6 aromatic rings. The van der Waals surface area contributed by atoms with E-state index in [2.05, 4.69) is 103 Å². The minimum atomic E-state index is -1.05. The zero-order valence-corrected chi connectivity index (χ0v) is 41.5. The largest absolute Gasteiger partial charge is 1.00 e. The summed E-state index contributed by atoms with van der Waals surface area (Å²) in [6, 6.07) is 59.0. The number of piperidine rings is 6. The Morgan fingerprint density at radius 2 is 0.701 bits per heavy atom. The second-order valence-electron chi connectivity index (χ2n) is 20.0. The van der Waals surface area contributed by atoms with Gasteiger partial charge in [-0.1, -0.05) is 164 Å². The Balaban J connectivity index is 0.000000178. The standard InChI is InChI=1S/C30H31N2O3.C28H32NO.2BrH/c33-27-25-13-7-8-14-26(25)28(34)31(27)18-22-32-19-15-29(16-20-32,17-21-32)30(35,23-9-3-1-4-10-23)24-11-5-2-6-12-24;30-28(25-12-6-2-7-13-25,26-14-8-3-9-15-26)27-17-21-29(22-18-27,23-19-27)20-16-24-10-4-1-5-11-24;;/h1-14,35H,15-22H2;1-15,30H,16-23H2;2*1H/q2*+1;;/p-2. The first-order chi connectivity index (χ1) is 31.6. The Bertz CT molecular complexity index is 2450. The average molecular weight is 1030 g/mol. The number of rotatable bonds is 12. The zero-order chi connectivity index (χ0) is 44.6. The van der Waals surface area contributed by atoms with Crippen molar-refractivity contribution in [1.82, 2.24) is 4.90 Å². The molecule has 9 heteroatoms. The van der Waals surface area contributed by atoms with E-state index in [0.29, 0.717) is 17.7 Å². The van der Waals surface area contributed by atoms with Crippen molar-refractivity contribution >= 4 is 11.8 Å². The van der Waals surface area contributed by atoms with E-state index >= 15 is 0 Å². The third-order valence-electron chi connectivity index (χ3n) is 17.1. The van der Waals surface area contributed by atoms with E-state index < -0.39 is 11.2 Å². The fourth-order valence-corrected chi connectivity index (χ4v) is 12.9. The summed E-state index contributed by atoms with van der Waals surface area (Å²) in [4.78, 5) is 27.1. The number of aliphatic hydroxyl groups is 2. The number of hydrogen-bond donors (Lipinski definition) is 2. The Morgan fingerprint density at radius 1 is 0.418 bits per heavy atom. The van der Waals surface area contributed by atoms with Crippen LogP contribution < -0.4 is 34.0 Å². The third-order valence-corrected chi connectivity index (χ3v) is 17.1. The van der Waals surface area contributed by atoms with E-state index in [1.165, 1.54) is 41.1 Å². The molecule has 0 aromatic heterocycles. The van der Waals surface area contributed by atoms with Crippen molar-refractivity contribution in [2.24, 2.45) is 10.8 Å². The molecule has 2 N–H and O–H groups in total. The summed E-state index contributed by atoms with van der Waals surface area (Å²) < 4.78 is 2.13. The average Bonchev–Trinajstić information content (AvgIpc) is 3.64. The number of amides is 2. The van der Waals surface area contributed by atoms with E-state index in [9.17, 15) is 19.8 Å². The fourth-order valence-electron chi connectivity index (χ4n) is 12.9. The molecule has 7 aliphatic rings. The summed E-state index contributed by atoms with van der Waals surface area (Å²) in [7, 11) is 0. The number of imide groups is 1. The molecule has 4 bridgehead atoms. The number of halogens is 2. The number of benzene rings is 6. The van der Waals surface area contributed by atoms with Crippen LogP contribution in [0.2, 0.25) is 0 Å². The van der Waals surface area contributed by atoms with Crippen LogP contribution in [0.15, 0.2) is 176 Å². The van der Waals surface area contributed by atoms with Gasteiger partial charge in [-0.3, -0.25) is 14.5 Å². The molecule has 348 valence electrons. The van der Waals surface area contributed by atoms with Crippen LogP contribution >= 0.6 is 0 Å². The van der Waals surface area contributed by atoms with Crippen molar-refractivity contribution in [2.45, 2.75) is 56.1 Å². The van der Waals surface area contributed by atoms with Gasteiger partial charge in [0.2, 0.25) is 0 Å². The molecule has 0 radical (unpaired) electrons. The molecule has 0 unspecified atom stereocenters. The second-order valence-corrected chi connectivity index (χ2v) is 20.0. The number of quaternary nitrogens is 2. The molecule has 0 saturated carbocycles. The van der Waals surface area contributed by atoms with Gasteiger partial charge >= 0.3 is 0 Å². The maximum absolute atomic E-state index is 12.8. The molecule has 13 rings (SSSR count). The van der Waals surface area contributed by atoms with Gasteiger partial charge in [0, 0.05) is 55.8 Å². The van der Waals surface area contributed by atoms with Crippen LogP contribution in [0.5, 0.6) is 0 Å². The number of carbonyl (C=O) groups is 2. The van der Waals surface area contributed by atoms with Crippen molar-refractivity contribution in [2.75, 3.05) is 58.9 Å². The lowest BCUT2D eigenvalue weighted by Crippen LogP contribution is -3.00. The monoisotopic (exact) mass is 1020 g/mol. The normalized spacial score (nSPS) is 25.0. The van der Waals surface area contributed by atoms with Gasteiger partial charge < -0.3 is 53.1 Å². The zero-order valence-electron chi connectivity index (χ0n) is 38.4. The number of fused-ring (bicyclic) bond motifs is 7. The van der Waals surface area contributed by atoms with Gasteiger partial charge in [0.1, 0.15) is 11.2 Å². The van der Waals surface area contributed by atoms with E-state index in [1.54, 1.807) is 12.1 Å². The van der Waals surface area contributed by atoms with Crippen LogP contribution in [0, 0.1) is 10.8 Å². The summed E-state index contributed by atoms with van der Waals surface area (Å²) in [5, 5.41) is 24.9. The maximum atomic E-state index is 12.8. The van der Waals surface area contributed by atoms with E-state index in [0.717, 1.165) is 97.9 Å². The topological polar surface area (TPSA) is 77.8 Å². The molecule has 7 heterocycles. The summed E-state index contributed by atoms with van der Waals surface area (Å²) in [5.41, 5.74) is 4.20. The molecule has 0 spiro atoms. The highest BCUT2D eigenvalue weighted by molar-refractivity contribution is 6.21. The van der Waals surface area contributed by atoms with Crippen LogP contribution in [0.4, 0.5) is 0 Å². The van der Waals surface area contributed by atoms with Crippen molar-refractivity contribution < 1.29 is 62.7 Å². The van der Waals surface area contributed by atoms with Crippen molar-refractivity contribution in [1.29, 1.82) is 0 Å². The maximum Gasteiger partial charge on any atom is 0.261 e. The molecule has 7 aliphatic heterocycles. The lowest BCUT2D eigenvalue weighted by Gasteiger charge is -2.60. The second kappa shape index (κ2) is 19.7. The Hall–Kier alpha value is -4.74. The molecule has 6 aromatic carbocycles. The van der Waals surface area contributed by atoms with Gasteiger partial charge in [0.15, 0.2) is 0 Å². The van der Waals surface area contributed by atoms with Crippen LogP contribution in [0.3, 0.4) is 0 Å². The SMILES string of the molecule is O=C1c2ccccc2C(=O)N1CC[N+]12CCC(C(O)(c3ccccc3)c3ccccc3)(CC1)CC2.OC(c1ccccc1)(c1ccccc1)C12CC[N+](CCc3ccccc3)(CC1)CC2.[Br-].[Br-]. The molecule has 7 nitrogen and oxygen atoms in total. The highest BCUT2D eigenvalue weighted by Gasteiger charge is 2.61. The van der Waals surface area contributed by atoms with Gasteiger partial charge in [-0.2, -0.15) is 0 Å². The third kappa shape index (κ3) is 8.59. The summed E-state index contributed by atoms with van der Waals surface area (Å²) in [5.74, 6) is -0.343. The predicted octanol–water partition coefficient (Wildman–Crippen LogP) is 3.39. The van der Waals surface area contributed by atoms with Gasteiger partial charge in [0.05, 0.1) is 70.0 Å². The van der Waals surface area contributed by atoms with Crippen molar-refractivity contribution in [3.8, 4) is 0 Å². The minimum Gasteiger partial charge on any atom is -1.00 e. The van der Waals surface area contributed by atoms with Gasteiger partial charge in [-0.25, -0.2) is 0 Å². The fraction of sp³-hybridized carbons (Fsp3) is 0.345. The Labute approximate surface area is 417 Å². The van der Waals surface area contributed by atoms with E-state index in [4.69, 9.17) is 0 Å². The lowest BCUT2D eigenvalue weighted by molar-refractivity contribution is -0.946. The van der Waals surface area contributed by atoms with Crippen LogP contribution in [0.25, 0.3) is 0 Å². The van der Waals surface area contributed by atoms with Crippen LogP contribution in [-0.2, 0) is 17.6 Å². The molecule has 2 amide bonds. The van der Waals surface area contributed by atoms with E-state index in [1.807, 2.05) is 60.7 Å². The molecule has 6 saturated heterocycles. The van der Waals surface area contributed by atoms with Crippen molar-refractivity contribution in [3.63, 3.8) is 0 Å². The number of carbonyl (C=O) groups excluding carboxylic acids is 2. The first kappa shape index (κ1) is 48.7. The first-order valence-electron chi connectivity index (χ1n) is 24.0. The number of hydrogen-bond acceptors (Lipinski definition) is 4. The highest BCUT2D eigenvalue weighted by Crippen LogP contribution is 2.59. The van der Waals surface area contributed by atoms with Gasteiger partial charge in [-0.05, 0) is 39.9 Å². The Morgan fingerprint density at radius 3 is 1.03 bits per heavy atom. The molecule has 0 atom stereocenters. The molecular formula is C58H63Br2N3O4.